The van der Waals surface area contributed by atoms with E-state index in [1.54, 1.807) is 22.8 Å². The summed E-state index contributed by atoms with van der Waals surface area (Å²) < 4.78 is 1.69. The van der Waals surface area contributed by atoms with Crippen molar-refractivity contribution >= 4 is 11.6 Å². The number of aromatic nitrogens is 4. The molecule has 1 aromatic carbocycles. The van der Waals surface area contributed by atoms with Crippen molar-refractivity contribution < 1.29 is 4.79 Å². The molecule has 0 unspecified atom stereocenters. The number of hydrogen-bond acceptors (Lipinski definition) is 5. The van der Waals surface area contributed by atoms with Crippen LogP contribution in [0, 0.1) is 31.1 Å². The zero-order valence-electron chi connectivity index (χ0n) is 18.8. The van der Waals surface area contributed by atoms with Crippen LogP contribution in [0.25, 0.3) is 28.0 Å². The quantitative estimate of drug-likeness (QED) is 0.509. The molecule has 0 spiro atoms. The number of rotatable bonds is 4. The van der Waals surface area contributed by atoms with Crippen LogP contribution in [-0.4, -0.2) is 31.5 Å². The van der Waals surface area contributed by atoms with Gasteiger partial charge in [-0.2, -0.15) is 10.4 Å². The fourth-order valence-electron chi connectivity index (χ4n) is 4.52. The van der Waals surface area contributed by atoms with Gasteiger partial charge in [0.1, 0.15) is 11.4 Å². The molecule has 1 aliphatic rings. The first-order valence-electron chi connectivity index (χ1n) is 11.1. The van der Waals surface area contributed by atoms with E-state index in [1.165, 1.54) is 0 Å². The predicted octanol–water partition coefficient (Wildman–Crippen LogP) is 4.48. The number of aryl methyl sites for hydroxylation is 2. The van der Waals surface area contributed by atoms with E-state index in [9.17, 15) is 10.1 Å². The van der Waals surface area contributed by atoms with Crippen LogP contribution in [0.2, 0.25) is 0 Å². The Kier molecular flexibility index (Phi) is 5.14. The molecule has 1 N–H and O–H groups in total. The molecule has 0 bridgehead atoms. The van der Waals surface area contributed by atoms with Gasteiger partial charge < -0.3 is 5.32 Å². The lowest BCUT2D eigenvalue weighted by molar-refractivity contribution is 0.0891. The predicted molar refractivity (Wildman–Crippen MR) is 125 cm³/mol. The van der Waals surface area contributed by atoms with Crippen LogP contribution in [0.5, 0.6) is 0 Å². The van der Waals surface area contributed by atoms with Crippen LogP contribution in [0.3, 0.4) is 0 Å². The molecular weight excluding hydrogens is 412 g/mol. The van der Waals surface area contributed by atoms with Crippen molar-refractivity contribution in [2.75, 3.05) is 0 Å². The number of benzene rings is 1. The number of nitrogens with one attached hydrogen (secondary N) is 1. The number of fused-ring (bicyclic) bond motifs is 1. The van der Waals surface area contributed by atoms with Gasteiger partial charge in [0.25, 0.3) is 5.91 Å². The van der Waals surface area contributed by atoms with Crippen molar-refractivity contribution in [3.63, 3.8) is 0 Å². The Bertz CT molecular complexity index is 1400. The summed E-state index contributed by atoms with van der Waals surface area (Å²) in [6, 6.07) is 15.4. The molecule has 1 fully saturated rings. The highest BCUT2D eigenvalue weighted by molar-refractivity contribution is 5.95. The van der Waals surface area contributed by atoms with E-state index in [-0.39, 0.29) is 11.9 Å². The molecule has 0 saturated heterocycles. The Balaban J connectivity index is 1.67. The standard InChI is InChI=1S/C26H24N6O/c1-15-9-21(10-15)29-26(33)22-7-8-32-25(30-22)23(20-11-16(2)28-17(3)12-20)24(31-32)19-6-4-5-18(13-19)14-27/h4-8,11-13,15,21H,9-10H2,1-3H3,(H,29,33). The molecule has 4 aromatic rings. The van der Waals surface area contributed by atoms with Gasteiger partial charge in [-0.25, -0.2) is 9.50 Å². The molecule has 7 nitrogen and oxygen atoms in total. The van der Waals surface area contributed by atoms with Crippen LogP contribution >= 0.6 is 0 Å². The normalized spacial score (nSPS) is 17.4. The third kappa shape index (κ3) is 3.96. The Hall–Kier alpha value is -4.05. The van der Waals surface area contributed by atoms with Crippen LogP contribution in [0.1, 0.15) is 47.2 Å². The molecule has 1 saturated carbocycles. The highest BCUT2D eigenvalue weighted by Crippen LogP contribution is 2.35. The minimum Gasteiger partial charge on any atom is -0.348 e. The average molecular weight is 437 g/mol. The first kappa shape index (κ1) is 20.8. The summed E-state index contributed by atoms with van der Waals surface area (Å²) in [5.41, 5.74) is 6.53. The smallest absolute Gasteiger partial charge is 0.270 e. The van der Waals surface area contributed by atoms with Crippen molar-refractivity contribution in [1.29, 1.82) is 5.26 Å². The SMILES string of the molecule is Cc1cc(-c2c(-c3cccc(C#N)c3)nn3ccc(C(=O)NC4CC(C)C4)nc23)cc(C)n1. The molecule has 33 heavy (non-hydrogen) atoms. The average Bonchev–Trinajstić information content (AvgIpc) is 3.16. The number of hydrogen-bond donors (Lipinski definition) is 1. The van der Waals surface area contributed by atoms with E-state index < -0.39 is 0 Å². The third-order valence-corrected chi connectivity index (χ3v) is 6.06. The molecular formula is C26H24N6O. The second-order valence-electron chi connectivity index (χ2n) is 8.88. The van der Waals surface area contributed by atoms with Crippen LogP contribution in [0.15, 0.2) is 48.7 Å². The van der Waals surface area contributed by atoms with Crippen molar-refractivity contribution in [2.24, 2.45) is 5.92 Å². The summed E-state index contributed by atoms with van der Waals surface area (Å²) in [7, 11) is 0. The van der Waals surface area contributed by atoms with Crippen LogP contribution in [-0.2, 0) is 0 Å². The number of carbonyl (C=O) groups is 1. The lowest BCUT2D eigenvalue weighted by Gasteiger charge is -2.33. The minimum absolute atomic E-state index is 0.170. The van der Waals surface area contributed by atoms with Gasteiger partial charge in [0, 0.05) is 29.2 Å². The molecule has 0 aliphatic heterocycles. The van der Waals surface area contributed by atoms with Gasteiger partial charge in [0.05, 0.1) is 17.2 Å². The van der Waals surface area contributed by atoms with Crippen molar-refractivity contribution in [3.05, 3.63) is 71.3 Å². The molecule has 1 aliphatic carbocycles. The van der Waals surface area contributed by atoms with Gasteiger partial charge in [0.2, 0.25) is 0 Å². The largest absolute Gasteiger partial charge is 0.348 e. The van der Waals surface area contributed by atoms with Gasteiger partial charge >= 0.3 is 0 Å². The summed E-state index contributed by atoms with van der Waals surface area (Å²) in [5.74, 6) is 0.480. The second kappa shape index (κ2) is 8.14. The lowest BCUT2D eigenvalue weighted by Crippen LogP contribution is -2.43. The first-order valence-corrected chi connectivity index (χ1v) is 11.1. The zero-order valence-corrected chi connectivity index (χ0v) is 18.8. The van der Waals surface area contributed by atoms with Crippen molar-refractivity contribution in [3.8, 4) is 28.5 Å². The van der Waals surface area contributed by atoms with Crippen LogP contribution < -0.4 is 5.32 Å². The molecule has 3 heterocycles. The molecule has 5 rings (SSSR count). The van der Waals surface area contributed by atoms with Crippen molar-refractivity contribution in [2.45, 2.75) is 39.7 Å². The maximum Gasteiger partial charge on any atom is 0.270 e. The lowest BCUT2D eigenvalue weighted by atomic mass is 9.82. The van der Waals surface area contributed by atoms with E-state index in [4.69, 9.17) is 10.1 Å². The third-order valence-electron chi connectivity index (χ3n) is 6.06. The van der Waals surface area contributed by atoms with E-state index in [1.807, 2.05) is 44.2 Å². The van der Waals surface area contributed by atoms with E-state index in [0.29, 0.717) is 28.5 Å². The summed E-state index contributed by atoms with van der Waals surface area (Å²) in [5, 5.41) is 17.2. The fraction of sp³-hybridized carbons (Fsp3) is 0.269. The van der Waals surface area contributed by atoms with E-state index in [2.05, 4.69) is 23.3 Å². The highest BCUT2D eigenvalue weighted by Gasteiger charge is 2.28. The molecule has 0 radical (unpaired) electrons. The van der Waals surface area contributed by atoms with E-state index in [0.717, 1.165) is 40.9 Å². The minimum atomic E-state index is -0.170. The van der Waals surface area contributed by atoms with Gasteiger partial charge in [0.15, 0.2) is 5.65 Å². The number of nitriles is 1. The molecule has 7 heteroatoms. The first-order chi connectivity index (χ1) is 15.9. The number of nitrogens with zero attached hydrogens (tertiary/aromatic N) is 5. The Morgan fingerprint density at radius 1 is 1.09 bits per heavy atom. The van der Waals surface area contributed by atoms with Gasteiger partial charge in [-0.1, -0.05) is 19.1 Å². The van der Waals surface area contributed by atoms with E-state index >= 15 is 0 Å². The van der Waals surface area contributed by atoms with Crippen LogP contribution in [0.4, 0.5) is 0 Å². The Morgan fingerprint density at radius 2 is 1.85 bits per heavy atom. The number of amides is 1. The molecule has 1 amide bonds. The number of carbonyl (C=O) groups excluding carboxylic acids is 1. The summed E-state index contributed by atoms with van der Waals surface area (Å²) in [6.07, 6.45) is 3.77. The topological polar surface area (TPSA) is 96.0 Å². The molecule has 164 valence electrons. The number of pyridine rings is 1. The molecule has 3 aromatic heterocycles. The monoisotopic (exact) mass is 436 g/mol. The maximum atomic E-state index is 12.9. The van der Waals surface area contributed by atoms with Crippen molar-refractivity contribution in [1.82, 2.24) is 24.9 Å². The summed E-state index contributed by atoms with van der Waals surface area (Å²) in [6.45, 7) is 6.08. The Labute approximate surface area is 192 Å². The summed E-state index contributed by atoms with van der Waals surface area (Å²) >= 11 is 0. The fourth-order valence-corrected chi connectivity index (χ4v) is 4.52. The van der Waals surface area contributed by atoms with Gasteiger partial charge in [-0.05, 0) is 68.5 Å². The van der Waals surface area contributed by atoms with Gasteiger partial charge in [-0.3, -0.25) is 9.78 Å². The summed E-state index contributed by atoms with van der Waals surface area (Å²) in [4.78, 5) is 22.1. The zero-order chi connectivity index (χ0) is 23.1. The van der Waals surface area contributed by atoms with Gasteiger partial charge in [-0.15, -0.1) is 0 Å². The molecule has 0 atom stereocenters. The second-order valence-corrected chi connectivity index (χ2v) is 8.88. The Morgan fingerprint density at radius 3 is 2.55 bits per heavy atom. The highest BCUT2D eigenvalue weighted by atomic mass is 16.1. The maximum absolute atomic E-state index is 12.9.